The number of furan rings is 1. The third-order valence-electron chi connectivity index (χ3n) is 10.6. The summed E-state index contributed by atoms with van der Waals surface area (Å²) in [6.07, 6.45) is 0. The highest BCUT2D eigenvalue weighted by atomic mass is 16.3. The number of nitrogens with zero attached hydrogens (tertiary/aromatic N) is 1. The molecule has 0 unspecified atom stereocenters. The molecule has 0 spiro atoms. The Morgan fingerprint density at radius 2 is 1.06 bits per heavy atom. The summed E-state index contributed by atoms with van der Waals surface area (Å²) < 4.78 is 6.22. The summed E-state index contributed by atoms with van der Waals surface area (Å²) in [7, 11) is 0. The minimum Gasteiger partial charge on any atom is -0.456 e. The molecule has 10 rings (SSSR count). The first kappa shape index (κ1) is 27.9. The average Bonchev–Trinajstić information content (AvgIpc) is 3.62. The van der Waals surface area contributed by atoms with E-state index in [0.717, 1.165) is 39.0 Å². The zero-order valence-electron chi connectivity index (χ0n) is 27.4. The van der Waals surface area contributed by atoms with Gasteiger partial charge in [-0.2, -0.15) is 0 Å². The molecule has 0 N–H and O–H groups in total. The lowest BCUT2D eigenvalue weighted by Crippen LogP contribution is -2.15. The van der Waals surface area contributed by atoms with Gasteiger partial charge in [-0.15, -0.1) is 0 Å². The van der Waals surface area contributed by atoms with Crippen LogP contribution >= 0.6 is 0 Å². The maximum Gasteiger partial charge on any atom is 0.136 e. The first-order valence-electron chi connectivity index (χ1n) is 17.0. The highest BCUT2D eigenvalue weighted by molar-refractivity contribution is 6.16. The smallest absolute Gasteiger partial charge is 0.136 e. The standard InChI is InChI=1S/C47H33NO/c1-47(2)43-14-8-6-12-38(43)41-28-36(23-25-44(41)47)48(34-20-18-31(19-21-34)30-10-4-3-5-11-30)35-22-24-37-32(26-35)16-17-33-27-46-42(29-40(33)37)39-13-7-9-15-45(39)49-46/h3-29H,1-2H3. The molecule has 9 aromatic rings. The molecule has 0 amide bonds. The minimum absolute atomic E-state index is 0.0393. The van der Waals surface area contributed by atoms with Gasteiger partial charge in [0.1, 0.15) is 11.2 Å². The molecule has 1 aliphatic rings. The molecule has 49 heavy (non-hydrogen) atoms. The van der Waals surface area contributed by atoms with Crippen LogP contribution in [0.2, 0.25) is 0 Å². The number of fused-ring (bicyclic) bond motifs is 9. The van der Waals surface area contributed by atoms with E-state index in [9.17, 15) is 0 Å². The highest BCUT2D eigenvalue weighted by Crippen LogP contribution is 2.51. The van der Waals surface area contributed by atoms with E-state index in [1.165, 1.54) is 54.9 Å². The number of para-hydroxylation sites is 1. The SMILES string of the molecule is CC1(C)c2ccccc2-c2cc(N(c3ccc(-c4ccccc4)cc3)c3ccc4c(ccc5cc6oc7ccccc7c6cc54)c3)ccc21. The van der Waals surface area contributed by atoms with Crippen molar-refractivity contribution in [2.24, 2.45) is 0 Å². The second-order valence-electron chi connectivity index (χ2n) is 13.8. The van der Waals surface area contributed by atoms with Crippen molar-refractivity contribution in [3.05, 3.63) is 175 Å². The second-order valence-corrected chi connectivity index (χ2v) is 13.8. The van der Waals surface area contributed by atoms with Crippen molar-refractivity contribution in [1.29, 1.82) is 0 Å². The fraction of sp³-hybridized carbons (Fsp3) is 0.0638. The Morgan fingerprint density at radius 3 is 1.92 bits per heavy atom. The first-order valence-corrected chi connectivity index (χ1v) is 17.0. The number of rotatable bonds is 4. The Bertz CT molecular complexity index is 2730. The normalized spacial score (nSPS) is 13.3. The van der Waals surface area contributed by atoms with Crippen LogP contribution in [0.25, 0.3) is 65.7 Å². The monoisotopic (exact) mass is 627 g/mol. The zero-order chi connectivity index (χ0) is 32.7. The Labute approximate surface area is 285 Å². The van der Waals surface area contributed by atoms with Gasteiger partial charge >= 0.3 is 0 Å². The Morgan fingerprint density at radius 1 is 0.408 bits per heavy atom. The zero-order valence-corrected chi connectivity index (χ0v) is 27.4. The summed E-state index contributed by atoms with van der Waals surface area (Å²) >= 11 is 0. The van der Waals surface area contributed by atoms with Crippen molar-refractivity contribution >= 4 is 60.5 Å². The van der Waals surface area contributed by atoms with Crippen molar-refractivity contribution in [2.45, 2.75) is 19.3 Å². The van der Waals surface area contributed by atoms with E-state index in [1.807, 2.05) is 12.1 Å². The van der Waals surface area contributed by atoms with Gasteiger partial charge in [0.15, 0.2) is 0 Å². The Hall–Kier alpha value is -6.12. The summed E-state index contributed by atoms with van der Waals surface area (Å²) in [6.45, 7) is 4.68. The topological polar surface area (TPSA) is 16.4 Å². The van der Waals surface area contributed by atoms with Crippen molar-refractivity contribution in [3.63, 3.8) is 0 Å². The predicted octanol–water partition coefficient (Wildman–Crippen LogP) is 13.3. The van der Waals surface area contributed by atoms with Gasteiger partial charge in [0, 0.05) is 33.2 Å². The molecular weight excluding hydrogens is 595 g/mol. The van der Waals surface area contributed by atoms with E-state index < -0.39 is 0 Å². The van der Waals surface area contributed by atoms with Crippen LogP contribution in [0, 0.1) is 0 Å². The molecule has 0 saturated carbocycles. The van der Waals surface area contributed by atoms with E-state index >= 15 is 0 Å². The van der Waals surface area contributed by atoms with Gasteiger partial charge in [-0.25, -0.2) is 0 Å². The largest absolute Gasteiger partial charge is 0.456 e. The van der Waals surface area contributed by atoms with Crippen LogP contribution in [0.5, 0.6) is 0 Å². The highest BCUT2D eigenvalue weighted by Gasteiger charge is 2.35. The van der Waals surface area contributed by atoms with Crippen LogP contribution in [0.1, 0.15) is 25.0 Å². The fourth-order valence-corrected chi connectivity index (χ4v) is 8.14. The molecule has 0 fully saturated rings. The second kappa shape index (κ2) is 10.4. The molecule has 1 aromatic heterocycles. The predicted molar refractivity (Wildman–Crippen MR) is 206 cm³/mol. The quantitative estimate of drug-likeness (QED) is 0.181. The molecule has 0 radical (unpaired) electrons. The molecule has 0 aliphatic heterocycles. The van der Waals surface area contributed by atoms with E-state index in [-0.39, 0.29) is 5.41 Å². The summed E-state index contributed by atoms with van der Waals surface area (Å²) in [4.78, 5) is 2.40. The average molecular weight is 628 g/mol. The molecule has 0 saturated heterocycles. The summed E-state index contributed by atoms with van der Waals surface area (Å²) in [6, 6.07) is 59.6. The lowest BCUT2D eigenvalue weighted by molar-refractivity contribution is 0.660. The molecule has 2 nitrogen and oxygen atoms in total. The van der Waals surface area contributed by atoms with Gasteiger partial charge in [0.05, 0.1) is 0 Å². The number of benzene rings is 8. The van der Waals surface area contributed by atoms with Crippen LogP contribution in [0.4, 0.5) is 17.1 Å². The summed E-state index contributed by atoms with van der Waals surface area (Å²) in [5.74, 6) is 0. The van der Waals surface area contributed by atoms with Gasteiger partial charge in [0.2, 0.25) is 0 Å². The third kappa shape index (κ3) is 4.27. The molecule has 232 valence electrons. The van der Waals surface area contributed by atoms with E-state index in [2.05, 4.69) is 170 Å². The number of hydrogen-bond acceptors (Lipinski definition) is 2. The molecule has 0 bridgehead atoms. The molecule has 0 atom stereocenters. The molecule has 8 aromatic carbocycles. The lowest BCUT2D eigenvalue weighted by Gasteiger charge is -2.27. The molecule has 1 aliphatic carbocycles. The van der Waals surface area contributed by atoms with Crippen LogP contribution in [-0.4, -0.2) is 0 Å². The van der Waals surface area contributed by atoms with E-state index in [4.69, 9.17) is 4.42 Å². The van der Waals surface area contributed by atoms with E-state index in [0.29, 0.717) is 0 Å². The van der Waals surface area contributed by atoms with Crippen LogP contribution < -0.4 is 4.90 Å². The molecule has 1 heterocycles. The Balaban J connectivity index is 1.15. The number of hydrogen-bond donors (Lipinski definition) is 0. The maximum atomic E-state index is 6.22. The lowest BCUT2D eigenvalue weighted by atomic mass is 9.82. The van der Waals surface area contributed by atoms with Gasteiger partial charge < -0.3 is 9.32 Å². The number of anilines is 3. The summed E-state index contributed by atoms with van der Waals surface area (Å²) in [5.41, 5.74) is 13.0. The van der Waals surface area contributed by atoms with Gasteiger partial charge in [-0.05, 0) is 110 Å². The van der Waals surface area contributed by atoms with Crippen molar-refractivity contribution in [3.8, 4) is 22.3 Å². The van der Waals surface area contributed by atoms with Crippen LogP contribution in [0.3, 0.4) is 0 Å². The van der Waals surface area contributed by atoms with Crippen LogP contribution in [-0.2, 0) is 5.41 Å². The maximum absolute atomic E-state index is 6.22. The van der Waals surface area contributed by atoms with Gasteiger partial charge in [-0.1, -0.05) is 123 Å². The minimum atomic E-state index is -0.0393. The van der Waals surface area contributed by atoms with Gasteiger partial charge in [0.25, 0.3) is 0 Å². The Kier molecular flexibility index (Phi) is 5.95. The van der Waals surface area contributed by atoms with Crippen molar-refractivity contribution in [1.82, 2.24) is 0 Å². The summed E-state index contributed by atoms with van der Waals surface area (Å²) in [5, 5.41) is 7.16. The third-order valence-corrected chi connectivity index (χ3v) is 10.6. The molecule has 2 heteroatoms. The molecular formula is C47H33NO. The van der Waals surface area contributed by atoms with Crippen molar-refractivity contribution in [2.75, 3.05) is 4.90 Å². The van der Waals surface area contributed by atoms with Crippen LogP contribution in [0.15, 0.2) is 168 Å². The first-order chi connectivity index (χ1) is 24.0. The van der Waals surface area contributed by atoms with Crippen molar-refractivity contribution < 1.29 is 4.42 Å². The van der Waals surface area contributed by atoms with Gasteiger partial charge in [-0.3, -0.25) is 0 Å². The van der Waals surface area contributed by atoms with E-state index in [1.54, 1.807) is 0 Å². The fourth-order valence-electron chi connectivity index (χ4n) is 8.14.